The number of carboxylic acid groups (broad SMARTS) is 1. The summed E-state index contributed by atoms with van der Waals surface area (Å²) >= 11 is 0. The molecule has 5 rings (SSSR count). The van der Waals surface area contributed by atoms with Crippen molar-refractivity contribution in [2.75, 3.05) is 74.1 Å². The monoisotopic (exact) mass is 1000 g/mol. The molecule has 0 fully saturated rings. The molecule has 0 atom stereocenters. The highest BCUT2D eigenvalue weighted by molar-refractivity contribution is 6.04. The van der Waals surface area contributed by atoms with Gasteiger partial charge in [-0.15, -0.1) is 0 Å². The second-order valence-corrected chi connectivity index (χ2v) is 16.5. The van der Waals surface area contributed by atoms with Crippen LogP contribution in [0.15, 0.2) is 49.3 Å². The number of rotatable bonds is 26. The molecule has 0 radical (unpaired) electrons. The number of aromatic nitrogens is 8. The molecule has 28 heteroatoms. The van der Waals surface area contributed by atoms with E-state index in [0.717, 1.165) is 0 Å². The van der Waals surface area contributed by atoms with E-state index in [9.17, 15) is 43.2 Å². The maximum atomic E-state index is 13.2. The Bertz CT molecular complexity index is 2780. The fourth-order valence-electron chi connectivity index (χ4n) is 7.01. The number of hydrogen-bond donors (Lipinski definition) is 10. The van der Waals surface area contributed by atoms with Crippen LogP contribution >= 0.6 is 0 Å². The minimum Gasteiger partial charge on any atom is -0.465 e. The maximum Gasteiger partial charge on any atom is 0.404 e. The molecule has 0 aromatic carbocycles. The van der Waals surface area contributed by atoms with Crippen molar-refractivity contribution in [2.24, 2.45) is 35.2 Å². The van der Waals surface area contributed by atoms with Crippen LogP contribution in [0, 0.1) is 0 Å². The Balaban J connectivity index is 0.974. The molecule has 72 heavy (non-hydrogen) atoms. The number of hydrogen-bond acceptors (Lipinski definition) is 13. The van der Waals surface area contributed by atoms with E-state index < -0.39 is 47.4 Å². The van der Waals surface area contributed by atoms with E-state index in [2.05, 4.69) is 62.8 Å². The smallest absolute Gasteiger partial charge is 0.404 e. The van der Waals surface area contributed by atoms with Gasteiger partial charge in [0.15, 0.2) is 17.5 Å². The molecule has 0 aliphatic carbocycles. The average molecular weight is 1000 g/mol. The van der Waals surface area contributed by atoms with Crippen LogP contribution in [0.25, 0.3) is 0 Å². The number of nitrogens with zero attached hydrogens (tertiary/aromatic N) is 9. The fourth-order valence-corrected chi connectivity index (χ4v) is 7.01. The molecule has 5 heterocycles. The second-order valence-electron chi connectivity index (χ2n) is 16.5. The second kappa shape index (κ2) is 25.7. The van der Waals surface area contributed by atoms with Crippen LogP contribution in [0.3, 0.4) is 0 Å². The molecule has 0 unspecified atom stereocenters. The zero-order chi connectivity index (χ0) is 52.5. The van der Waals surface area contributed by atoms with Crippen molar-refractivity contribution >= 4 is 76.4 Å². The van der Waals surface area contributed by atoms with Gasteiger partial charge in [-0.3, -0.25) is 38.4 Å². The van der Waals surface area contributed by atoms with Crippen LogP contribution in [0.5, 0.6) is 0 Å². The number of amides is 9. The van der Waals surface area contributed by atoms with Crippen LogP contribution in [0.1, 0.15) is 84.9 Å². The summed E-state index contributed by atoms with van der Waals surface area (Å²) in [6.07, 6.45) is 9.20. The summed E-state index contributed by atoms with van der Waals surface area (Å²) in [6.45, 7) is 2.21. The highest BCUT2D eigenvalue weighted by atomic mass is 16.4. The molecule has 386 valence electrons. The average Bonchev–Trinajstić information content (AvgIpc) is 4.15. The first-order valence-electron chi connectivity index (χ1n) is 22.6. The number of anilines is 4. The summed E-state index contributed by atoms with van der Waals surface area (Å²) < 4.78 is 7.40. The Kier molecular flexibility index (Phi) is 19.3. The van der Waals surface area contributed by atoms with Crippen molar-refractivity contribution in [2.45, 2.75) is 32.1 Å². The van der Waals surface area contributed by atoms with Gasteiger partial charge in [-0.25, -0.2) is 19.7 Å². The molecule has 5 aromatic rings. The third-order valence-corrected chi connectivity index (χ3v) is 10.7. The SMILES string of the molecule is CN(CCCNC(=O)O)CCCNC(=O)CCNC(=O)c1nc(NC(=O)CCNC(=O)c2cc(NC(=O)c3nc(NC(=O)CCNC(=O)c4cc(NC(=O)c5nccn5C)cn4C)cn3C)cn2C)cn1C. The third-order valence-electron chi connectivity index (χ3n) is 10.7. The topological polar surface area (TPSA) is 349 Å². The molecular formula is C44H60N18O10. The van der Waals surface area contributed by atoms with Gasteiger partial charge in [-0.1, -0.05) is 0 Å². The molecule has 0 saturated heterocycles. The Morgan fingerprint density at radius 1 is 0.500 bits per heavy atom. The molecular weight excluding hydrogens is 941 g/mol. The van der Waals surface area contributed by atoms with E-state index in [1.54, 1.807) is 52.2 Å². The van der Waals surface area contributed by atoms with Crippen molar-refractivity contribution in [3.8, 4) is 0 Å². The van der Waals surface area contributed by atoms with Crippen LogP contribution in [-0.4, -0.2) is 154 Å². The van der Waals surface area contributed by atoms with Gasteiger partial charge in [-0.2, -0.15) is 0 Å². The molecule has 0 spiro atoms. The van der Waals surface area contributed by atoms with Crippen molar-refractivity contribution in [3.05, 3.63) is 78.2 Å². The van der Waals surface area contributed by atoms with E-state index in [1.165, 1.54) is 55.2 Å². The number of imidazole rings is 3. The standard InChI is InChI=1S/C44H60N18O10/c1-57(19-8-13-50-44(71)72)18-7-12-45-33(63)9-14-49-41(68)37-55-31(25-61(37)5)53-34(64)10-15-48-40(67)30-22-28(24-60(30)4)52-43(70)38-56-32(26-62(38)6)54-35(65)11-16-47-39(66)29-21-27(23-59(29)3)51-42(69)36-46-17-20-58(36)2/h17,20-26,50H,7-16,18-19H2,1-6H3,(H,45,63)(H,47,66)(H,48,67)(H,49,68)(H,51,69)(H,52,70)(H,53,64)(H,54,65)(H,71,72). The molecule has 0 bridgehead atoms. The summed E-state index contributed by atoms with van der Waals surface area (Å²) in [7, 11) is 9.95. The van der Waals surface area contributed by atoms with E-state index >= 15 is 0 Å². The summed E-state index contributed by atoms with van der Waals surface area (Å²) in [5, 5.41) is 32.3. The molecule has 28 nitrogen and oxygen atoms in total. The predicted octanol–water partition coefficient (Wildman–Crippen LogP) is -0.198. The van der Waals surface area contributed by atoms with Crippen LogP contribution in [-0.2, 0) is 49.6 Å². The van der Waals surface area contributed by atoms with Gasteiger partial charge in [0.2, 0.25) is 29.4 Å². The first-order chi connectivity index (χ1) is 34.3. The van der Waals surface area contributed by atoms with Gasteiger partial charge in [-0.05, 0) is 45.1 Å². The van der Waals surface area contributed by atoms with E-state index in [-0.39, 0.29) is 91.0 Å². The fraction of sp³-hybridized carbons (Fsp3) is 0.409. The normalized spacial score (nSPS) is 10.9. The van der Waals surface area contributed by atoms with Gasteiger partial charge < -0.3 is 80.7 Å². The number of nitrogens with one attached hydrogen (secondary N) is 9. The Morgan fingerprint density at radius 2 is 0.944 bits per heavy atom. The van der Waals surface area contributed by atoms with Crippen LogP contribution < -0.4 is 47.9 Å². The lowest BCUT2D eigenvalue weighted by molar-refractivity contribution is -0.121. The number of carbonyl (C=O) groups is 9. The molecule has 10 N–H and O–H groups in total. The minimum atomic E-state index is -1.06. The molecule has 5 aromatic heterocycles. The van der Waals surface area contributed by atoms with Gasteiger partial charge in [0.1, 0.15) is 11.4 Å². The molecule has 0 aliphatic heterocycles. The van der Waals surface area contributed by atoms with Crippen molar-refractivity contribution in [1.82, 2.24) is 69.3 Å². The highest BCUT2D eigenvalue weighted by Crippen LogP contribution is 2.17. The summed E-state index contributed by atoms with van der Waals surface area (Å²) in [6, 6.07) is 2.93. The minimum absolute atomic E-state index is 0.00441. The lowest BCUT2D eigenvalue weighted by Crippen LogP contribution is -2.33. The molecule has 9 amide bonds. The first-order valence-corrected chi connectivity index (χ1v) is 22.6. The lowest BCUT2D eigenvalue weighted by atomic mass is 10.3. The van der Waals surface area contributed by atoms with E-state index in [4.69, 9.17) is 5.11 Å². The van der Waals surface area contributed by atoms with Gasteiger partial charge in [0.05, 0.1) is 11.4 Å². The van der Waals surface area contributed by atoms with Crippen molar-refractivity contribution in [1.29, 1.82) is 0 Å². The zero-order valence-electron chi connectivity index (χ0n) is 40.8. The first kappa shape index (κ1) is 54.1. The predicted molar refractivity (Wildman–Crippen MR) is 260 cm³/mol. The van der Waals surface area contributed by atoms with Gasteiger partial charge >= 0.3 is 6.09 Å². The largest absolute Gasteiger partial charge is 0.465 e. The van der Waals surface area contributed by atoms with Gasteiger partial charge in [0.25, 0.3) is 29.5 Å². The third kappa shape index (κ3) is 16.1. The van der Waals surface area contributed by atoms with Crippen LogP contribution in [0.2, 0.25) is 0 Å². The molecule has 0 saturated carbocycles. The number of carbonyl (C=O) groups excluding carboxylic acids is 8. The Morgan fingerprint density at radius 3 is 1.42 bits per heavy atom. The molecule has 0 aliphatic rings. The quantitative estimate of drug-likeness (QED) is 0.0321. The number of aryl methyl sites for hydroxylation is 5. The van der Waals surface area contributed by atoms with E-state index in [0.29, 0.717) is 44.7 Å². The van der Waals surface area contributed by atoms with Crippen LogP contribution in [0.4, 0.5) is 27.8 Å². The van der Waals surface area contributed by atoms with Crippen molar-refractivity contribution < 1.29 is 48.3 Å². The Labute approximate surface area is 412 Å². The Hall–Kier alpha value is -8.82. The van der Waals surface area contributed by atoms with E-state index in [1.807, 2.05) is 11.9 Å². The summed E-state index contributed by atoms with van der Waals surface area (Å²) in [5.74, 6) is -3.48. The van der Waals surface area contributed by atoms with Crippen molar-refractivity contribution in [3.63, 3.8) is 0 Å². The summed E-state index contributed by atoms with van der Waals surface area (Å²) in [4.78, 5) is 127. The lowest BCUT2D eigenvalue weighted by Gasteiger charge is -2.16. The van der Waals surface area contributed by atoms with Gasteiger partial charge in [0, 0.05) is 124 Å². The summed E-state index contributed by atoms with van der Waals surface area (Å²) in [5.41, 5.74) is 1.08. The maximum absolute atomic E-state index is 13.2. The zero-order valence-corrected chi connectivity index (χ0v) is 40.8. The highest BCUT2D eigenvalue weighted by Gasteiger charge is 2.21.